The number of allylic oxidation sites excluding steroid dienone is 2. The Hall–Kier alpha value is -2.61. The Balaban J connectivity index is 0.000000322. The summed E-state index contributed by atoms with van der Waals surface area (Å²) >= 11 is 0. The van der Waals surface area contributed by atoms with Gasteiger partial charge in [-0.05, 0) is 24.3 Å². The van der Waals surface area contributed by atoms with Crippen LogP contribution < -0.4 is 5.43 Å². The third kappa shape index (κ3) is 3.93. The summed E-state index contributed by atoms with van der Waals surface area (Å²) < 4.78 is 5.63. The second-order valence-corrected chi connectivity index (χ2v) is 3.89. The van der Waals surface area contributed by atoms with E-state index < -0.39 is 0 Å². The number of hydrogen-bond donors (Lipinski definition) is 0. The van der Waals surface area contributed by atoms with Gasteiger partial charge in [0, 0.05) is 0 Å². The van der Waals surface area contributed by atoms with Gasteiger partial charge in [0.05, 0.1) is 10.8 Å². The van der Waals surface area contributed by atoms with Crippen molar-refractivity contribution in [1.29, 1.82) is 0 Å². The van der Waals surface area contributed by atoms with Gasteiger partial charge in [0.25, 0.3) is 0 Å². The number of benzene rings is 2. The van der Waals surface area contributed by atoms with E-state index in [0.717, 1.165) is 0 Å². The van der Waals surface area contributed by atoms with Crippen LogP contribution in [0.4, 0.5) is 0 Å². The van der Waals surface area contributed by atoms with Crippen molar-refractivity contribution in [2.24, 2.45) is 0 Å². The Kier molecular flexibility index (Phi) is 6.69. The first-order valence-electron chi connectivity index (χ1n) is 6.92. The van der Waals surface area contributed by atoms with Crippen LogP contribution in [0.1, 0.15) is 13.8 Å². The Morgan fingerprint density at radius 2 is 1.19 bits per heavy atom. The third-order valence-electron chi connectivity index (χ3n) is 2.65. The zero-order valence-corrected chi connectivity index (χ0v) is 12.5. The van der Waals surface area contributed by atoms with Crippen LogP contribution in [0.5, 0.6) is 0 Å². The lowest BCUT2D eigenvalue weighted by Crippen LogP contribution is -2.01. The van der Waals surface area contributed by atoms with Gasteiger partial charge in [0.2, 0.25) is 5.43 Å². The predicted molar refractivity (Wildman–Crippen MR) is 91.7 cm³/mol. The summed E-state index contributed by atoms with van der Waals surface area (Å²) in [6, 6.07) is 14.6. The molecule has 0 fully saturated rings. The molecule has 0 saturated carbocycles. The first kappa shape index (κ1) is 16.4. The van der Waals surface area contributed by atoms with Gasteiger partial charge < -0.3 is 4.42 Å². The fraction of sp³-hybridized carbons (Fsp3) is 0.105. The van der Waals surface area contributed by atoms with Gasteiger partial charge in [-0.25, -0.2) is 0 Å². The summed E-state index contributed by atoms with van der Waals surface area (Å²) in [5.41, 5.74) is 1.31. The maximum Gasteiger partial charge on any atom is 0.200 e. The molecular weight excluding hydrogens is 260 g/mol. The summed E-state index contributed by atoms with van der Waals surface area (Å²) in [5.74, 6) is 0. The minimum Gasteiger partial charge on any atom is -0.456 e. The molecule has 0 N–H and O–H groups in total. The lowest BCUT2D eigenvalue weighted by atomic mass is 10.1. The topological polar surface area (TPSA) is 30.2 Å². The number of para-hydroxylation sites is 2. The van der Waals surface area contributed by atoms with Gasteiger partial charge in [-0.2, -0.15) is 0 Å². The molecule has 2 aromatic carbocycles. The van der Waals surface area contributed by atoms with Crippen LogP contribution in [0.15, 0.2) is 83.1 Å². The van der Waals surface area contributed by atoms with E-state index in [1.807, 2.05) is 50.2 Å². The van der Waals surface area contributed by atoms with Gasteiger partial charge in [-0.15, -0.1) is 0 Å². The first-order valence-corrected chi connectivity index (χ1v) is 6.92. The van der Waals surface area contributed by atoms with Crippen LogP contribution in [0.2, 0.25) is 0 Å². The quantitative estimate of drug-likeness (QED) is 0.445. The predicted octanol–water partition coefficient (Wildman–Crippen LogP) is 5.33. The van der Waals surface area contributed by atoms with Crippen molar-refractivity contribution in [2.75, 3.05) is 0 Å². The third-order valence-corrected chi connectivity index (χ3v) is 2.65. The molecule has 0 amide bonds. The number of rotatable bonds is 1. The Morgan fingerprint density at radius 1 is 0.810 bits per heavy atom. The highest BCUT2D eigenvalue weighted by Gasteiger charge is 2.04. The van der Waals surface area contributed by atoms with Crippen molar-refractivity contribution in [1.82, 2.24) is 0 Å². The SMILES string of the molecule is C=CC=C.CC.O=c1c2ccccc2oc2ccccc12. The van der Waals surface area contributed by atoms with Crippen molar-refractivity contribution >= 4 is 21.9 Å². The van der Waals surface area contributed by atoms with Crippen molar-refractivity contribution in [3.63, 3.8) is 0 Å². The summed E-state index contributed by atoms with van der Waals surface area (Å²) in [4.78, 5) is 12.0. The molecule has 108 valence electrons. The summed E-state index contributed by atoms with van der Waals surface area (Å²) in [6.07, 6.45) is 3.28. The molecule has 0 atom stereocenters. The molecule has 0 aliphatic rings. The molecule has 1 aromatic heterocycles. The van der Waals surface area contributed by atoms with Crippen LogP contribution in [-0.4, -0.2) is 0 Å². The van der Waals surface area contributed by atoms with E-state index in [-0.39, 0.29) is 5.43 Å². The smallest absolute Gasteiger partial charge is 0.200 e. The molecule has 0 aliphatic carbocycles. The molecule has 1 heterocycles. The van der Waals surface area contributed by atoms with Crippen molar-refractivity contribution < 1.29 is 4.42 Å². The van der Waals surface area contributed by atoms with Crippen LogP contribution in [0, 0.1) is 0 Å². The van der Waals surface area contributed by atoms with E-state index in [9.17, 15) is 4.79 Å². The zero-order chi connectivity index (χ0) is 15.7. The van der Waals surface area contributed by atoms with Crippen molar-refractivity contribution in [3.05, 3.63) is 84.1 Å². The highest BCUT2D eigenvalue weighted by molar-refractivity contribution is 5.89. The summed E-state index contributed by atoms with van der Waals surface area (Å²) in [7, 11) is 0. The average Bonchev–Trinajstić information content (AvgIpc) is 2.57. The fourth-order valence-electron chi connectivity index (χ4n) is 1.75. The van der Waals surface area contributed by atoms with Crippen LogP contribution in [0.3, 0.4) is 0 Å². The van der Waals surface area contributed by atoms with Gasteiger partial charge in [0.15, 0.2) is 0 Å². The van der Waals surface area contributed by atoms with E-state index in [4.69, 9.17) is 4.42 Å². The second kappa shape index (κ2) is 8.54. The normalized spacial score (nSPS) is 9.05. The van der Waals surface area contributed by atoms with Gasteiger partial charge in [-0.1, -0.05) is 63.4 Å². The van der Waals surface area contributed by atoms with Crippen molar-refractivity contribution in [2.45, 2.75) is 13.8 Å². The summed E-state index contributed by atoms with van der Waals surface area (Å²) in [6.45, 7) is 10.7. The van der Waals surface area contributed by atoms with Crippen molar-refractivity contribution in [3.8, 4) is 0 Å². The molecule has 3 rings (SSSR count). The van der Waals surface area contributed by atoms with E-state index in [0.29, 0.717) is 21.9 Å². The van der Waals surface area contributed by atoms with Gasteiger partial charge in [0.1, 0.15) is 11.2 Å². The molecular formula is C19H20O2. The van der Waals surface area contributed by atoms with Crippen LogP contribution in [0.25, 0.3) is 21.9 Å². The Morgan fingerprint density at radius 3 is 1.57 bits per heavy atom. The molecule has 0 bridgehead atoms. The molecule has 0 aliphatic heterocycles. The molecule has 2 heteroatoms. The molecule has 0 unspecified atom stereocenters. The molecule has 2 nitrogen and oxygen atoms in total. The van der Waals surface area contributed by atoms with E-state index >= 15 is 0 Å². The van der Waals surface area contributed by atoms with Gasteiger partial charge >= 0.3 is 0 Å². The minimum absolute atomic E-state index is 0.0347. The van der Waals surface area contributed by atoms with E-state index in [1.165, 1.54) is 0 Å². The molecule has 0 spiro atoms. The van der Waals surface area contributed by atoms with E-state index in [2.05, 4.69) is 13.2 Å². The summed E-state index contributed by atoms with van der Waals surface area (Å²) in [5, 5.41) is 1.27. The zero-order valence-electron chi connectivity index (χ0n) is 12.5. The Bertz CT molecular complexity index is 719. The van der Waals surface area contributed by atoms with E-state index in [1.54, 1.807) is 24.3 Å². The monoisotopic (exact) mass is 280 g/mol. The standard InChI is InChI=1S/C13H8O2.C4H6.C2H6/c14-13-9-5-1-3-7-11(9)15-12-8-4-2-6-10(12)13;1-3-4-2;1-2/h1-8H;3-4H,1-2H2;1-2H3. The van der Waals surface area contributed by atoms with Crippen LogP contribution >= 0.6 is 0 Å². The highest BCUT2D eigenvalue weighted by Crippen LogP contribution is 2.17. The van der Waals surface area contributed by atoms with Crippen LogP contribution in [-0.2, 0) is 0 Å². The van der Waals surface area contributed by atoms with Gasteiger partial charge in [-0.3, -0.25) is 4.79 Å². The highest BCUT2D eigenvalue weighted by atomic mass is 16.3. The molecule has 0 saturated heterocycles. The molecule has 0 radical (unpaired) electrons. The number of fused-ring (bicyclic) bond motifs is 2. The average molecular weight is 280 g/mol. The largest absolute Gasteiger partial charge is 0.456 e. The first-order chi connectivity index (χ1) is 10.3. The fourth-order valence-corrected chi connectivity index (χ4v) is 1.75. The lowest BCUT2D eigenvalue weighted by Gasteiger charge is -1.99. The minimum atomic E-state index is 0.0347. The Labute approximate surface area is 125 Å². The maximum atomic E-state index is 12.0. The maximum absolute atomic E-state index is 12.0. The molecule has 3 aromatic rings. The lowest BCUT2D eigenvalue weighted by molar-refractivity contribution is 0.660. The number of hydrogen-bond acceptors (Lipinski definition) is 2. The second-order valence-electron chi connectivity index (χ2n) is 3.89. The molecule has 21 heavy (non-hydrogen) atoms.